The predicted molar refractivity (Wildman–Crippen MR) is 67.7 cm³/mol. The summed E-state index contributed by atoms with van der Waals surface area (Å²) in [5.74, 6) is 0.0771. The van der Waals surface area contributed by atoms with Gasteiger partial charge in [-0.25, -0.2) is 4.79 Å². The summed E-state index contributed by atoms with van der Waals surface area (Å²) in [5, 5.41) is 10.6. The van der Waals surface area contributed by atoms with Crippen molar-refractivity contribution in [2.45, 2.75) is 44.3 Å². The van der Waals surface area contributed by atoms with Crippen molar-refractivity contribution in [3.05, 3.63) is 24.3 Å². The molecule has 0 aromatic rings. The van der Waals surface area contributed by atoms with E-state index in [-0.39, 0.29) is 29.8 Å². The molecule has 0 amide bonds. The van der Waals surface area contributed by atoms with E-state index in [1.165, 1.54) is 0 Å². The summed E-state index contributed by atoms with van der Waals surface area (Å²) in [7, 11) is 0. The van der Waals surface area contributed by atoms with Gasteiger partial charge in [0, 0.05) is 17.4 Å². The van der Waals surface area contributed by atoms with E-state index in [0.29, 0.717) is 12.0 Å². The maximum absolute atomic E-state index is 11.7. The summed E-state index contributed by atoms with van der Waals surface area (Å²) in [6.07, 6.45) is 3.22. The molecule has 3 nitrogen and oxygen atoms in total. The molecule has 3 fully saturated rings. The van der Waals surface area contributed by atoms with E-state index in [0.717, 1.165) is 24.8 Å². The molecule has 3 rings (SSSR count). The molecule has 3 aliphatic rings. The molecule has 3 heteroatoms. The quantitative estimate of drug-likeness (QED) is 0.406. The second-order valence-electron chi connectivity index (χ2n) is 6.23. The summed E-state index contributed by atoms with van der Waals surface area (Å²) in [4.78, 5) is 11.7. The van der Waals surface area contributed by atoms with Crippen molar-refractivity contribution in [2.75, 3.05) is 0 Å². The van der Waals surface area contributed by atoms with E-state index < -0.39 is 5.60 Å². The Hall–Kier alpha value is -1.09. The number of esters is 1. The number of ether oxygens (including phenoxy) is 1. The third kappa shape index (κ3) is 1.50. The number of carbonyl (C=O) groups excluding carboxylic acids is 1. The Labute approximate surface area is 108 Å². The van der Waals surface area contributed by atoms with Crippen LogP contribution in [0.3, 0.4) is 0 Å². The zero-order chi connectivity index (χ0) is 13.1. The largest absolute Gasteiger partial charge is 0.458 e. The first-order valence-electron chi connectivity index (χ1n) is 6.71. The average molecular weight is 248 g/mol. The molecule has 0 aromatic carbocycles. The van der Waals surface area contributed by atoms with E-state index in [4.69, 9.17) is 4.74 Å². The minimum absolute atomic E-state index is 0.0637. The third-order valence-electron chi connectivity index (χ3n) is 5.15. The summed E-state index contributed by atoms with van der Waals surface area (Å²) in [6.45, 7) is 9.90. The first-order chi connectivity index (χ1) is 8.42. The topological polar surface area (TPSA) is 46.5 Å². The lowest BCUT2D eigenvalue weighted by molar-refractivity contribution is -0.142. The van der Waals surface area contributed by atoms with Gasteiger partial charge in [-0.15, -0.1) is 0 Å². The number of aliphatic hydroxyl groups is 1. The lowest BCUT2D eigenvalue weighted by atomic mass is 9.78. The second-order valence-corrected chi connectivity index (χ2v) is 6.23. The van der Waals surface area contributed by atoms with Crippen LogP contribution < -0.4 is 0 Å². The minimum atomic E-state index is -0.679. The zero-order valence-electron chi connectivity index (χ0n) is 10.8. The molecule has 0 spiro atoms. The Morgan fingerprint density at radius 3 is 2.83 bits per heavy atom. The monoisotopic (exact) mass is 248 g/mol. The van der Waals surface area contributed by atoms with Crippen LogP contribution in [0.1, 0.15) is 32.6 Å². The van der Waals surface area contributed by atoms with Crippen molar-refractivity contribution in [1.29, 1.82) is 0 Å². The van der Waals surface area contributed by atoms with Gasteiger partial charge in [0.2, 0.25) is 0 Å². The molecular weight excluding hydrogens is 228 g/mol. The highest BCUT2D eigenvalue weighted by Gasteiger charge is 2.55. The molecule has 2 saturated carbocycles. The van der Waals surface area contributed by atoms with Crippen LogP contribution in [0.15, 0.2) is 24.3 Å². The molecule has 98 valence electrons. The second kappa shape index (κ2) is 3.70. The number of hydrogen-bond donors (Lipinski definition) is 1. The van der Waals surface area contributed by atoms with Gasteiger partial charge < -0.3 is 9.84 Å². The van der Waals surface area contributed by atoms with Crippen molar-refractivity contribution in [3.63, 3.8) is 0 Å². The van der Waals surface area contributed by atoms with Crippen molar-refractivity contribution in [1.82, 2.24) is 0 Å². The Balaban J connectivity index is 2.01. The van der Waals surface area contributed by atoms with Gasteiger partial charge in [0.25, 0.3) is 0 Å². The van der Waals surface area contributed by atoms with Crippen molar-refractivity contribution >= 4 is 5.97 Å². The smallest absolute Gasteiger partial charge is 0.334 e. The van der Waals surface area contributed by atoms with Gasteiger partial charge >= 0.3 is 5.97 Å². The van der Waals surface area contributed by atoms with Crippen LogP contribution >= 0.6 is 0 Å². The molecule has 0 aromatic heterocycles. The summed E-state index contributed by atoms with van der Waals surface area (Å²) < 4.78 is 5.52. The van der Waals surface area contributed by atoms with Crippen LogP contribution in [0.4, 0.5) is 0 Å². The van der Waals surface area contributed by atoms with Gasteiger partial charge in [-0.3, -0.25) is 0 Å². The van der Waals surface area contributed by atoms with Crippen LogP contribution in [-0.4, -0.2) is 22.8 Å². The number of rotatable bonds is 0. The number of carbonyl (C=O) groups is 1. The zero-order valence-corrected chi connectivity index (χ0v) is 10.8. The Morgan fingerprint density at radius 1 is 1.39 bits per heavy atom. The highest BCUT2D eigenvalue weighted by atomic mass is 16.6. The van der Waals surface area contributed by atoms with Gasteiger partial charge in [0.1, 0.15) is 6.10 Å². The fraction of sp³-hybridized carbons (Fsp3) is 0.667. The van der Waals surface area contributed by atoms with Crippen molar-refractivity contribution < 1.29 is 14.6 Å². The Kier molecular flexibility index (Phi) is 2.46. The van der Waals surface area contributed by atoms with Gasteiger partial charge in [0.05, 0.1) is 5.60 Å². The van der Waals surface area contributed by atoms with E-state index in [1.807, 2.05) is 6.92 Å². The number of hydrogen-bond acceptors (Lipinski definition) is 3. The highest BCUT2D eigenvalue weighted by Crippen LogP contribution is 2.53. The molecule has 1 saturated heterocycles. The minimum Gasteiger partial charge on any atom is -0.458 e. The van der Waals surface area contributed by atoms with Gasteiger partial charge in [-0.2, -0.15) is 0 Å². The third-order valence-corrected chi connectivity index (χ3v) is 5.15. The first-order valence-corrected chi connectivity index (χ1v) is 6.71. The van der Waals surface area contributed by atoms with E-state index >= 15 is 0 Å². The van der Waals surface area contributed by atoms with Crippen LogP contribution in [0.2, 0.25) is 0 Å². The predicted octanol–water partition coefficient (Wildman–Crippen LogP) is 2.21. The standard InChI is InChI=1S/C15H20O3/c1-8-4-5-11-12(8)13-10(6-7-15(11,3)17)9(2)14(16)18-13/h10-13,17H,1-2,4-7H2,3H3/t10-,11+,12-,13-,15-/m0/s1. The highest BCUT2D eigenvalue weighted by molar-refractivity contribution is 5.90. The van der Waals surface area contributed by atoms with Crippen molar-refractivity contribution in [2.24, 2.45) is 17.8 Å². The molecule has 1 N–H and O–H groups in total. The Bertz CT molecular complexity index is 435. The molecule has 2 aliphatic carbocycles. The molecule has 18 heavy (non-hydrogen) atoms. The lowest BCUT2D eigenvalue weighted by Crippen LogP contribution is -2.39. The van der Waals surface area contributed by atoms with Crippen molar-refractivity contribution in [3.8, 4) is 0 Å². The molecular formula is C15H20O3. The Morgan fingerprint density at radius 2 is 2.11 bits per heavy atom. The normalized spacial score (nSPS) is 47.6. The maximum Gasteiger partial charge on any atom is 0.334 e. The number of fused-ring (bicyclic) bond motifs is 3. The molecule has 0 radical (unpaired) electrons. The van der Waals surface area contributed by atoms with Gasteiger partial charge in [0.15, 0.2) is 0 Å². The summed E-state index contributed by atoms with van der Waals surface area (Å²) in [5.41, 5.74) is 1.03. The van der Waals surface area contributed by atoms with Crippen LogP contribution in [0.25, 0.3) is 0 Å². The molecule has 0 unspecified atom stereocenters. The SMILES string of the molecule is C=C1CC[C@@H]2[C@H]1[C@H]1OC(=O)C(=C)[C@@H]1CC[C@]2(C)O. The summed E-state index contributed by atoms with van der Waals surface area (Å²) in [6, 6.07) is 0. The maximum atomic E-state index is 11.7. The molecule has 1 heterocycles. The molecule has 1 aliphatic heterocycles. The van der Waals surface area contributed by atoms with E-state index in [2.05, 4.69) is 13.2 Å². The van der Waals surface area contributed by atoms with Crippen LogP contribution in [0.5, 0.6) is 0 Å². The van der Waals surface area contributed by atoms with Gasteiger partial charge in [-0.1, -0.05) is 18.7 Å². The first kappa shape index (κ1) is 12.0. The molecule has 0 bridgehead atoms. The fourth-order valence-corrected chi connectivity index (χ4v) is 4.06. The van der Waals surface area contributed by atoms with E-state index in [9.17, 15) is 9.90 Å². The fourth-order valence-electron chi connectivity index (χ4n) is 4.06. The molecule has 5 atom stereocenters. The van der Waals surface area contributed by atoms with Crippen LogP contribution in [0, 0.1) is 17.8 Å². The van der Waals surface area contributed by atoms with Gasteiger partial charge in [-0.05, 0) is 38.5 Å². The van der Waals surface area contributed by atoms with E-state index in [1.54, 1.807) is 0 Å². The van der Waals surface area contributed by atoms with Crippen LogP contribution in [-0.2, 0) is 9.53 Å². The average Bonchev–Trinajstić information content (AvgIpc) is 2.76. The lowest BCUT2D eigenvalue weighted by Gasteiger charge is -2.33. The summed E-state index contributed by atoms with van der Waals surface area (Å²) >= 11 is 0.